The summed E-state index contributed by atoms with van der Waals surface area (Å²) in [6, 6.07) is 70.1. The van der Waals surface area contributed by atoms with Gasteiger partial charge >= 0.3 is 0 Å². The number of hydrogen-bond acceptors (Lipinski definition) is 8. The molecule has 0 bridgehead atoms. The first kappa shape index (κ1) is 36.9. The van der Waals surface area contributed by atoms with E-state index < -0.39 is 0 Å². The van der Waals surface area contributed by atoms with E-state index in [2.05, 4.69) is 142 Å². The van der Waals surface area contributed by atoms with Crippen molar-refractivity contribution in [1.29, 1.82) is 0 Å². The van der Waals surface area contributed by atoms with E-state index in [0.717, 1.165) is 88.8 Å². The summed E-state index contributed by atoms with van der Waals surface area (Å²) in [5.74, 6) is 1.94. The maximum Gasteiger partial charge on any atom is 0.248 e. The SMILES string of the molecule is c1ccc2cc(-c3nnc(-c4ccc(-c5ccc(-c6nc7ccccc7nc6-c6ccc(-c7ccc(-c8nnc(-c9ccc%10ccccc%10c9)o8)cc7)cc6)cc5)cc4)o3)ccc2c1. The molecule has 0 unspecified atom stereocenters. The predicted octanol–water partition coefficient (Wildman–Crippen LogP) is 14.0. The van der Waals surface area contributed by atoms with Gasteiger partial charge in [-0.25, -0.2) is 9.97 Å². The number of rotatable bonds is 8. The summed E-state index contributed by atoms with van der Waals surface area (Å²) in [4.78, 5) is 10.3. The van der Waals surface area contributed by atoms with Gasteiger partial charge in [0.2, 0.25) is 23.6 Å². The maximum absolute atomic E-state index is 6.12. The Balaban J connectivity index is 0.780. The Hall–Kier alpha value is -8.88. The van der Waals surface area contributed by atoms with E-state index in [1.165, 1.54) is 10.8 Å². The fourth-order valence-electron chi connectivity index (χ4n) is 8.21. The van der Waals surface area contributed by atoms with E-state index in [1.807, 2.05) is 84.9 Å². The molecule has 3 heterocycles. The summed E-state index contributed by atoms with van der Waals surface area (Å²) < 4.78 is 12.2. The van der Waals surface area contributed by atoms with Gasteiger partial charge in [0.15, 0.2) is 0 Å². The number of para-hydroxylation sites is 2. The lowest BCUT2D eigenvalue weighted by Gasteiger charge is -2.12. The number of fused-ring (bicyclic) bond motifs is 3. The zero-order valence-corrected chi connectivity index (χ0v) is 34.1. The van der Waals surface area contributed by atoms with E-state index in [-0.39, 0.29) is 0 Å². The van der Waals surface area contributed by atoms with Crippen LogP contribution in [0.3, 0.4) is 0 Å². The lowest BCUT2D eigenvalue weighted by molar-refractivity contribution is 0.584. The molecule has 0 spiro atoms. The largest absolute Gasteiger partial charge is 0.416 e. The van der Waals surface area contributed by atoms with Gasteiger partial charge in [-0.2, -0.15) is 0 Å². The van der Waals surface area contributed by atoms with Crippen molar-refractivity contribution in [1.82, 2.24) is 30.4 Å². The Morgan fingerprint density at radius 3 is 0.891 bits per heavy atom. The van der Waals surface area contributed by atoms with E-state index in [9.17, 15) is 0 Å². The minimum Gasteiger partial charge on any atom is -0.416 e. The molecule has 9 aromatic carbocycles. The first-order valence-corrected chi connectivity index (χ1v) is 21.0. The molecule has 0 atom stereocenters. The van der Waals surface area contributed by atoms with Crippen molar-refractivity contribution in [3.8, 4) is 90.6 Å². The monoisotopic (exact) mass is 822 g/mol. The highest BCUT2D eigenvalue weighted by Gasteiger charge is 2.16. The van der Waals surface area contributed by atoms with Crippen LogP contribution in [0.2, 0.25) is 0 Å². The maximum atomic E-state index is 6.12. The molecule has 0 aliphatic rings. The van der Waals surface area contributed by atoms with Crippen LogP contribution in [0, 0.1) is 0 Å². The van der Waals surface area contributed by atoms with Crippen LogP contribution in [0.25, 0.3) is 123 Å². The van der Waals surface area contributed by atoms with Crippen LogP contribution in [0.1, 0.15) is 0 Å². The first-order valence-electron chi connectivity index (χ1n) is 21.0. The molecule has 3 aromatic heterocycles. The van der Waals surface area contributed by atoms with Crippen LogP contribution < -0.4 is 0 Å². The molecule has 0 aliphatic carbocycles. The quantitative estimate of drug-likeness (QED) is 0.149. The van der Waals surface area contributed by atoms with E-state index >= 15 is 0 Å². The Bertz CT molecular complexity index is 3410. The lowest BCUT2D eigenvalue weighted by atomic mass is 9.97. The van der Waals surface area contributed by atoms with E-state index in [0.29, 0.717) is 23.6 Å². The summed E-state index contributed by atoms with van der Waals surface area (Å²) in [5, 5.41) is 22.0. The first-order chi connectivity index (χ1) is 31.6. The predicted molar refractivity (Wildman–Crippen MR) is 254 cm³/mol. The van der Waals surface area contributed by atoms with Gasteiger partial charge < -0.3 is 8.83 Å². The van der Waals surface area contributed by atoms with Crippen LogP contribution in [0.5, 0.6) is 0 Å². The second kappa shape index (κ2) is 15.5. The van der Waals surface area contributed by atoms with Gasteiger partial charge in [0.25, 0.3) is 0 Å². The molecule has 8 nitrogen and oxygen atoms in total. The number of hydrogen-bond donors (Lipinski definition) is 0. The topological polar surface area (TPSA) is 104 Å². The molecule has 8 heteroatoms. The van der Waals surface area contributed by atoms with Gasteiger partial charge in [-0.1, -0.05) is 146 Å². The summed E-state index contributed by atoms with van der Waals surface area (Å²) in [6.45, 7) is 0. The van der Waals surface area contributed by atoms with Gasteiger partial charge in [-0.15, -0.1) is 20.4 Å². The molecule has 0 amide bonds. The van der Waals surface area contributed by atoms with Crippen molar-refractivity contribution >= 4 is 32.6 Å². The zero-order chi connectivity index (χ0) is 42.4. The Labute approximate surface area is 367 Å². The molecule has 0 radical (unpaired) electrons. The van der Waals surface area contributed by atoms with Crippen LogP contribution in [0.15, 0.2) is 215 Å². The molecule has 0 saturated heterocycles. The molecule has 0 N–H and O–H groups in total. The summed E-state index contributed by atoms with van der Waals surface area (Å²) in [5.41, 5.74) is 13.1. The van der Waals surface area contributed by atoms with Crippen LogP contribution in [-0.2, 0) is 0 Å². The minimum atomic E-state index is 0.478. The highest BCUT2D eigenvalue weighted by molar-refractivity contribution is 5.89. The highest BCUT2D eigenvalue weighted by atomic mass is 16.4. The summed E-state index contributed by atoms with van der Waals surface area (Å²) in [7, 11) is 0. The van der Waals surface area contributed by atoms with Crippen LogP contribution in [0.4, 0.5) is 0 Å². The van der Waals surface area contributed by atoms with Crippen molar-refractivity contribution in [3.05, 3.63) is 206 Å². The van der Waals surface area contributed by atoms with Crippen molar-refractivity contribution in [2.45, 2.75) is 0 Å². The Morgan fingerprint density at radius 1 is 0.234 bits per heavy atom. The van der Waals surface area contributed by atoms with Crippen LogP contribution >= 0.6 is 0 Å². The summed E-state index contributed by atoms with van der Waals surface area (Å²) >= 11 is 0. The zero-order valence-electron chi connectivity index (χ0n) is 34.1. The van der Waals surface area contributed by atoms with Crippen molar-refractivity contribution in [2.75, 3.05) is 0 Å². The Kier molecular flexibility index (Phi) is 8.97. The van der Waals surface area contributed by atoms with Crippen molar-refractivity contribution in [2.24, 2.45) is 0 Å². The number of aromatic nitrogens is 6. The molecule has 0 aliphatic heterocycles. The normalized spacial score (nSPS) is 11.4. The van der Waals surface area contributed by atoms with E-state index in [4.69, 9.17) is 18.8 Å². The average Bonchev–Trinajstić information content (AvgIpc) is 4.08. The molecule has 12 rings (SSSR count). The molecule has 12 aromatic rings. The standard InChI is InChI=1S/C56H34N6O2/c1-3-9-45-33-47(31-21-35(45)7-1)55-61-59-53(63-55)43-27-17-39(18-28-43)37-13-23-41(24-14-37)51-52(58-50-12-6-5-11-49(50)57-51)42-25-15-38(16-26-42)40-19-29-44(30-20-40)54-60-62-56(64-54)48-32-22-36-8-2-4-10-46(36)34-48/h1-34H. The molecule has 0 saturated carbocycles. The summed E-state index contributed by atoms with van der Waals surface area (Å²) in [6.07, 6.45) is 0. The third kappa shape index (κ3) is 6.95. The molecular weight excluding hydrogens is 789 g/mol. The van der Waals surface area contributed by atoms with Gasteiger partial charge in [0, 0.05) is 33.4 Å². The van der Waals surface area contributed by atoms with Gasteiger partial charge in [-0.3, -0.25) is 0 Å². The third-order valence-corrected chi connectivity index (χ3v) is 11.7. The smallest absolute Gasteiger partial charge is 0.248 e. The number of nitrogens with zero attached hydrogens (tertiary/aromatic N) is 6. The van der Waals surface area contributed by atoms with Crippen molar-refractivity contribution < 1.29 is 8.83 Å². The fourth-order valence-corrected chi connectivity index (χ4v) is 8.21. The molecule has 300 valence electrons. The molecule has 64 heavy (non-hydrogen) atoms. The third-order valence-electron chi connectivity index (χ3n) is 11.7. The highest BCUT2D eigenvalue weighted by Crippen LogP contribution is 2.35. The second-order valence-electron chi connectivity index (χ2n) is 15.7. The van der Waals surface area contributed by atoms with Gasteiger partial charge in [0.05, 0.1) is 22.4 Å². The number of benzene rings is 9. The van der Waals surface area contributed by atoms with Crippen LogP contribution in [-0.4, -0.2) is 30.4 Å². The van der Waals surface area contributed by atoms with Gasteiger partial charge in [-0.05, 0) is 104 Å². The minimum absolute atomic E-state index is 0.478. The van der Waals surface area contributed by atoms with Gasteiger partial charge in [0.1, 0.15) is 0 Å². The molecule has 0 fully saturated rings. The molecular formula is C56H34N6O2. The fraction of sp³-hybridized carbons (Fsp3) is 0. The lowest BCUT2D eigenvalue weighted by Crippen LogP contribution is -1.95. The van der Waals surface area contributed by atoms with Crippen molar-refractivity contribution in [3.63, 3.8) is 0 Å². The average molecular weight is 823 g/mol. The van der Waals surface area contributed by atoms with E-state index in [1.54, 1.807) is 0 Å². The second-order valence-corrected chi connectivity index (χ2v) is 15.7. The Morgan fingerprint density at radius 2 is 0.516 bits per heavy atom.